The van der Waals surface area contributed by atoms with Crippen LogP contribution >= 0.6 is 0 Å². The van der Waals surface area contributed by atoms with Gasteiger partial charge in [0.2, 0.25) is 5.91 Å². The monoisotopic (exact) mass is 258 g/mol. The molecule has 0 aromatic heterocycles. The molecule has 0 saturated heterocycles. The predicted molar refractivity (Wildman–Crippen MR) is 74.7 cm³/mol. The van der Waals surface area contributed by atoms with Crippen molar-refractivity contribution in [3.63, 3.8) is 0 Å². The first kappa shape index (κ1) is 13.2. The Bertz CT molecular complexity index is 533. The summed E-state index contributed by atoms with van der Waals surface area (Å²) < 4.78 is 0. The van der Waals surface area contributed by atoms with E-state index in [0.717, 1.165) is 29.9 Å². The maximum atomic E-state index is 11.7. The minimum atomic E-state index is -0.0535. The van der Waals surface area contributed by atoms with Crippen molar-refractivity contribution in [1.82, 2.24) is 5.32 Å². The van der Waals surface area contributed by atoms with Crippen molar-refractivity contribution in [2.45, 2.75) is 19.8 Å². The maximum Gasteiger partial charge on any atom is 0.239 e. The molecule has 2 rings (SSSR count). The predicted octanol–water partition coefficient (Wildman–Crippen LogP) is 0.970. The van der Waals surface area contributed by atoms with Crippen LogP contribution in [0.15, 0.2) is 12.1 Å². The maximum absolute atomic E-state index is 11.7. The van der Waals surface area contributed by atoms with Crippen LogP contribution in [0.1, 0.15) is 17.5 Å². The molecule has 1 aromatic rings. The summed E-state index contributed by atoms with van der Waals surface area (Å²) in [4.78, 5) is 13.8. The topological polar surface area (TPSA) is 82.2 Å². The van der Waals surface area contributed by atoms with Crippen molar-refractivity contribution in [2.24, 2.45) is 0 Å². The third-order valence-electron chi connectivity index (χ3n) is 3.35. The number of hydrogen-bond donors (Lipinski definition) is 2. The molecule has 1 amide bonds. The summed E-state index contributed by atoms with van der Waals surface area (Å²) in [6.07, 6.45) is 1.29. The lowest BCUT2D eigenvalue weighted by atomic mass is 10.1. The van der Waals surface area contributed by atoms with Gasteiger partial charge >= 0.3 is 0 Å². The molecule has 100 valence electrons. The number of nitrogens with one attached hydrogen (secondary N) is 1. The standard InChI is InChI=1S/C14H18N4O/c1-10-7-11-3-6-18(13(11)8-12(10)16)9-14(19)17-5-2-4-15/h7-8H,2-3,5-6,9,16H2,1H3,(H,17,19). The minimum Gasteiger partial charge on any atom is -0.398 e. The van der Waals surface area contributed by atoms with E-state index in [-0.39, 0.29) is 5.91 Å². The van der Waals surface area contributed by atoms with E-state index < -0.39 is 0 Å². The van der Waals surface area contributed by atoms with Crippen LogP contribution in [0.5, 0.6) is 0 Å². The second kappa shape index (κ2) is 5.61. The fourth-order valence-corrected chi connectivity index (χ4v) is 2.29. The number of rotatable bonds is 4. The Hall–Kier alpha value is -2.22. The number of aryl methyl sites for hydroxylation is 1. The van der Waals surface area contributed by atoms with E-state index in [9.17, 15) is 4.79 Å². The van der Waals surface area contributed by atoms with Crippen LogP contribution in [0.4, 0.5) is 11.4 Å². The molecule has 3 N–H and O–H groups in total. The van der Waals surface area contributed by atoms with Crippen LogP contribution in [0, 0.1) is 18.3 Å². The summed E-state index contributed by atoms with van der Waals surface area (Å²) in [5.41, 5.74) is 10.1. The van der Waals surface area contributed by atoms with Gasteiger partial charge in [-0.2, -0.15) is 5.26 Å². The third kappa shape index (κ3) is 2.97. The molecule has 0 atom stereocenters. The number of nitrogens with two attached hydrogens (primary N) is 1. The smallest absolute Gasteiger partial charge is 0.239 e. The van der Waals surface area contributed by atoms with Crippen molar-refractivity contribution < 1.29 is 4.79 Å². The largest absolute Gasteiger partial charge is 0.398 e. The number of carbonyl (C=O) groups is 1. The van der Waals surface area contributed by atoms with Gasteiger partial charge in [0.15, 0.2) is 0 Å². The molecular formula is C14H18N4O. The van der Waals surface area contributed by atoms with Gasteiger partial charge in [0.1, 0.15) is 0 Å². The quantitative estimate of drug-likeness (QED) is 0.622. The van der Waals surface area contributed by atoms with E-state index in [1.807, 2.05) is 24.0 Å². The zero-order valence-electron chi connectivity index (χ0n) is 11.1. The summed E-state index contributed by atoms with van der Waals surface area (Å²) in [6, 6.07) is 6.04. The lowest BCUT2D eigenvalue weighted by molar-refractivity contribution is -0.119. The van der Waals surface area contributed by atoms with Crippen LogP contribution in [0.3, 0.4) is 0 Å². The first-order valence-corrected chi connectivity index (χ1v) is 6.39. The number of nitrogen functional groups attached to an aromatic ring is 1. The van der Waals surface area contributed by atoms with E-state index in [0.29, 0.717) is 19.5 Å². The number of nitrogens with zero attached hydrogens (tertiary/aromatic N) is 2. The van der Waals surface area contributed by atoms with Gasteiger partial charge in [-0.3, -0.25) is 4.79 Å². The van der Waals surface area contributed by atoms with Crippen LogP contribution in [0.2, 0.25) is 0 Å². The lowest BCUT2D eigenvalue weighted by Gasteiger charge is -2.19. The Labute approximate surface area is 113 Å². The highest BCUT2D eigenvalue weighted by Crippen LogP contribution is 2.31. The van der Waals surface area contributed by atoms with Gasteiger partial charge in [-0.1, -0.05) is 6.07 Å². The van der Waals surface area contributed by atoms with Gasteiger partial charge in [-0.05, 0) is 30.5 Å². The van der Waals surface area contributed by atoms with Gasteiger partial charge < -0.3 is 16.0 Å². The Balaban J connectivity index is 2.01. The highest BCUT2D eigenvalue weighted by Gasteiger charge is 2.21. The van der Waals surface area contributed by atoms with Crippen LogP contribution in [-0.4, -0.2) is 25.5 Å². The molecule has 0 saturated carbocycles. The van der Waals surface area contributed by atoms with E-state index in [1.54, 1.807) is 0 Å². The third-order valence-corrected chi connectivity index (χ3v) is 3.35. The number of hydrogen-bond acceptors (Lipinski definition) is 4. The zero-order chi connectivity index (χ0) is 13.8. The minimum absolute atomic E-state index is 0.0535. The normalized spacial score (nSPS) is 12.9. The first-order valence-electron chi connectivity index (χ1n) is 6.39. The highest BCUT2D eigenvalue weighted by molar-refractivity contribution is 5.83. The number of carbonyl (C=O) groups excluding carboxylic acids is 1. The van der Waals surface area contributed by atoms with Crippen molar-refractivity contribution in [1.29, 1.82) is 5.26 Å². The Morgan fingerprint density at radius 3 is 3.11 bits per heavy atom. The summed E-state index contributed by atoms with van der Waals surface area (Å²) in [5, 5.41) is 11.2. The molecule has 5 nitrogen and oxygen atoms in total. The zero-order valence-corrected chi connectivity index (χ0v) is 11.1. The molecule has 19 heavy (non-hydrogen) atoms. The summed E-state index contributed by atoms with van der Waals surface area (Å²) >= 11 is 0. The molecule has 0 fully saturated rings. The molecule has 5 heteroatoms. The van der Waals surface area contributed by atoms with E-state index in [1.165, 1.54) is 5.56 Å². The van der Waals surface area contributed by atoms with E-state index in [4.69, 9.17) is 11.0 Å². The number of fused-ring (bicyclic) bond motifs is 1. The van der Waals surface area contributed by atoms with Crippen molar-refractivity contribution in [3.05, 3.63) is 23.3 Å². The second-order valence-electron chi connectivity index (χ2n) is 4.77. The number of anilines is 2. The molecular weight excluding hydrogens is 240 g/mol. The SMILES string of the molecule is Cc1cc2c(cc1N)N(CC(=O)NCCC#N)CC2. The van der Waals surface area contributed by atoms with Gasteiger partial charge in [0.05, 0.1) is 19.0 Å². The van der Waals surface area contributed by atoms with Gasteiger partial charge in [-0.25, -0.2) is 0 Å². The molecule has 0 bridgehead atoms. The van der Waals surface area contributed by atoms with Crippen LogP contribution < -0.4 is 16.0 Å². The molecule has 1 heterocycles. The summed E-state index contributed by atoms with van der Waals surface area (Å²) in [7, 11) is 0. The van der Waals surface area contributed by atoms with Crippen molar-refractivity contribution >= 4 is 17.3 Å². The molecule has 1 aliphatic heterocycles. The fourth-order valence-electron chi connectivity index (χ4n) is 2.29. The van der Waals surface area contributed by atoms with Gasteiger partial charge in [0.25, 0.3) is 0 Å². The molecule has 0 aliphatic carbocycles. The Kier molecular flexibility index (Phi) is 3.91. The molecule has 0 unspecified atom stereocenters. The fraction of sp³-hybridized carbons (Fsp3) is 0.429. The highest BCUT2D eigenvalue weighted by atomic mass is 16.2. The molecule has 0 radical (unpaired) electrons. The van der Waals surface area contributed by atoms with Crippen molar-refractivity contribution in [2.75, 3.05) is 30.3 Å². The van der Waals surface area contributed by atoms with Crippen LogP contribution in [-0.2, 0) is 11.2 Å². The Morgan fingerprint density at radius 2 is 2.37 bits per heavy atom. The Morgan fingerprint density at radius 1 is 1.58 bits per heavy atom. The average molecular weight is 258 g/mol. The second-order valence-corrected chi connectivity index (χ2v) is 4.77. The van der Waals surface area contributed by atoms with E-state index in [2.05, 4.69) is 11.4 Å². The molecule has 0 spiro atoms. The summed E-state index contributed by atoms with van der Waals surface area (Å²) in [6.45, 7) is 3.56. The number of amides is 1. The lowest BCUT2D eigenvalue weighted by Crippen LogP contribution is -2.36. The van der Waals surface area contributed by atoms with Crippen LogP contribution in [0.25, 0.3) is 0 Å². The number of nitriles is 1. The molecule has 1 aromatic carbocycles. The molecule has 1 aliphatic rings. The van der Waals surface area contributed by atoms with E-state index >= 15 is 0 Å². The summed E-state index contributed by atoms with van der Waals surface area (Å²) in [5.74, 6) is -0.0535. The van der Waals surface area contributed by atoms with Gasteiger partial charge in [0, 0.05) is 24.5 Å². The van der Waals surface area contributed by atoms with Crippen molar-refractivity contribution in [3.8, 4) is 6.07 Å². The first-order chi connectivity index (χ1) is 9.11. The van der Waals surface area contributed by atoms with Gasteiger partial charge in [-0.15, -0.1) is 0 Å². The average Bonchev–Trinajstić information content (AvgIpc) is 2.73. The number of benzene rings is 1.